The Labute approximate surface area is 140 Å². The van der Waals surface area contributed by atoms with Crippen LogP contribution in [0.2, 0.25) is 0 Å². The predicted molar refractivity (Wildman–Crippen MR) is 95.9 cm³/mol. The Morgan fingerprint density at radius 1 is 1.17 bits per heavy atom. The van der Waals surface area contributed by atoms with E-state index in [2.05, 4.69) is 47.4 Å². The Morgan fingerprint density at radius 3 is 2.35 bits per heavy atom. The van der Waals surface area contributed by atoms with Crippen molar-refractivity contribution in [1.29, 1.82) is 0 Å². The van der Waals surface area contributed by atoms with Crippen LogP contribution in [0.3, 0.4) is 0 Å². The van der Waals surface area contributed by atoms with Crippen LogP contribution >= 0.6 is 0 Å². The standard InChI is InChI=1S/C18H28N2O2S/c1-3-14-23(21,22)19-15-18(17-10-8-16(2)9-11-17)20-12-6-4-5-7-13-20/h3,8-11,18-19H,1,4-7,12-15H2,2H3. The topological polar surface area (TPSA) is 49.4 Å². The number of nitrogens with one attached hydrogen (secondary N) is 1. The molecular formula is C18H28N2O2S. The Morgan fingerprint density at radius 2 is 1.78 bits per heavy atom. The predicted octanol–water partition coefficient (Wildman–Crippen LogP) is 3.02. The maximum atomic E-state index is 12.0. The van der Waals surface area contributed by atoms with Gasteiger partial charge in [-0.2, -0.15) is 0 Å². The van der Waals surface area contributed by atoms with E-state index in [1.54, 1.807) is 0 Å². The SMILES string of the molecule is C=CCS(=O)(=O)NCC(c1ccc(C)cc1)N1CCCCCC1. The molecule has 1 heterocycles. The van der Waals surface area contributed by atoms with Gasteiger partial charge in [-0.1, -0.05) is 48.7 Å². The summed E-state index contributed by atoms with van der Waals surface area (Å²) >= 11 is 0. The van der Waals surface area contributed by atoms with Crippen LogP contribution in [0.4, 0.5) is 0 Å². The lowest BCUT2D eigenvalue weighted by Crippen LogP contribution is -2.39. The molecule has 1 saturated heterocycles. The van der Waals surface area contributed by atoms with E-state index in [9.17, 15) is 8.42 Å². The lowest BCUT2D eigenvalue weighted by atomic mass is 10.0. The van der Waals surface area contributed by atoms with Crippen LogP contribution in [0.1, 0.15) is 42.9 Å². The third-order valence-corrected chi connectivity index (χ3v) is 5.66. The minimum Gasteiger partial charge on any atom is -0.295 e. The Bertz CT molecular complexity index is 588. The highest BCUT2D eigenvalue weighted by atomic mass is 32.2. The van der Waals surface area contributed by atoms with Gasteiger partial charge >= 0.3 is 0 Å². The number of hydrogen-bond donors (Lipinski definition) is 1. The molecule has 1 aromatic carbocycles. The van der Waals surface area contributed by atoms with Gasteiger partial charge in [-0.15, -0.1) is 6.58 Å². The van der Waals surface area contributed by atoms with Gasteiger partial charge in [0.15, 0.2) is 0 Å². The second kappa shape index (κ2) is 8.62. The molecule has 0 aliphatic carbocycles. The zero-order chi connectivity index (χ0) is 16.7. The van der Waals surface area contributed by atoms with Gasteiger partial charge in [0.05, 0.1) is 5.75 Å². The van der Waals surface area contributed by atoms with Gasteiger partial charge in [0.2, 0.25) is 10.0 Å². The first-order valence-electron chi connectivity index (χ1n) is 8.41. The molecule has 0 spiro atoms. The van der Waals surface area contributed by atoms with E-state index in [0.717, 1.165) is 13.1 Å². The summed E-state index contributed by atoms with van der Waals surface area (Å²) in [6, 6.07) is 8.52. The van der Waals surface area contributed by atoms with Crippen LogP contribution in [0.15, 0.2) is 36.9 Å². The van der Waals surface area contributed by atoms with Crippen molar-refractivity contribution in [3.63, 3.8) is 0 Å². The first kappa shape index (κ1) is 18.2. The molecular weight excluding hydrogens is 308 g/mol. The molecule has 5 heteroatoms. The Hall–Kier alpha value is -1.17. The van der Waals surface area contributed by atoms with Crippen LogP contribution in [-0.2, 0) is 10.0 Å². The molecule has 0 amide bonds. The maximum absolute atomic E-state index is 12.0. The fourth-order valence-electron chi connectivity index (χ4n) is 3.07. The molecule has 1 aliphatic heterocycles. The third-order valence-electron chi connectivity index (χ3n) is 4.38. The highest BCUT2D eigenvalue weighted by Gasteiger charge is 2.23. The van der Waals surface area contributed by atoms with Gasteiger partial charge in [-0.25, -0.2) is 13.1 Å². The third kappa shape index (κ3) is 5.75. The van der Waals surface area contributed by atoms with Crippen LogP contribution in [0.25, 0.3) is 0 Å². The number of likely N-dealkylation sites (tertiary alicyclic amines) is 1. The monoisotopic (exact) mass is 336 g/mol. The minimum atomic E-state index is -3.29. The van der Waals surface area contributed by atoms with E-state index in [1.165, 1.54) is 42.9 Å². The normalized spacial score (nSPS) is 18.3. The zero-order valence-corrected chi connectivity index (χ0v) is 14.8. The molecule has 4 nitrogen and oxygen atoms in total. The largest absolute Gasteiger partial charge is 0.295 e. The van der Waals surface area contributed by atoms with Crippen molar-refractivity contribution in [2.24, 2.45) is 0 Å². The first-order chi connectivity index (χ1) is 11.0. The minimum absolute atomic E-state index is 0.0341. The van der Waals surface area contributed by atoms with E-state index in [-0.39, 0.29) is 11.8 Å². The summed E-state index contributed by atoms with van der Waals surface area (Å²) in [5, 5.41) is 0. The summed E-state index contributed by atoms with van der Waals surface area (Å²) in [4.78, 5) is 2.42. The van der Waals surface area contributed by atoms with E-state index < -0.39 is 10.0 Å². The number of sulfonamides is 1. The quantitative estimate of drug-likeness (QED) is 0.779. The van der Waals surface area contributed by atoms with Gasteiger partial charge in [0.25, 0.3) is 0 Å². The maximum Gasteiger partial charge on any atom is 0.215 e. The molecule has 0 radical (unpaired) electrons. The summed E-state index contributed by atoms with van der Waals surface area (Å²) in [6.45, 7) is 8.06. The summed E-state index contributed by atoms with van der Waals surface area (Å²) in [7, 11) is -3.29. The fourth-order valence-corrected chi connectivity index (χ4v) is 3.91. The molecule has 128 valence electrons. The van der Waals surface area contributed by atoms with E-state index in [1.807, 2.05) is 0 Å². The van der Waals surface area contributed by atoms with Crippen molar-refractivity contribution in [1.82, 2.24) is 9.62 Å². The molecule has 1 aliphatic rings. The molecule has 1 fully saturated rings. The van der Waals surface area contributed by atoms with Crippen molar-refractivity contribution in [3.8, 4) is 0 Å². The number of benzene rings is 1. The molecule has 23 heavy (non-hydrogen) atoms. The Kier molecular flexibility index (Phi) is 6.81. The summed E-state index contributed by atoms with van der Waals surface area (Å²) in [6.07, 6.45) is 6.32. The van der Waals surface area contributed by atoms with Crippen LogP contribution in [-0.4, -0.2) is 38.7 Å². The second-order valence-electron chi connectivity index (χ2n) is 6.30. The van der Waals surface area contributed by atoms with Crippen molar-refractivity contribution in [3.05, 3.63) is 48.0 Å². The van der Waals surface area contributed by atoms with Gasteiger partial charge in [-0.05, 0) is 38.4 Å². The number of hydrogen-bond acceptors (Lipinski definition) is 3. The van der Waals surface area contributed by atoms with Crippen LogP contribution in [0.5, 0.6) is 0 Å². The number of rotatable bonds is 7. The molecule has 0 bridgehead atoms. The second-order valence-corrected chi connectivity index (χ2v) is 8.15. The Balaban J connectivity index is 2.16. The van der Waals surface area contributed by atoms with E-state index in [0.29, 0.717) is 6.54 Å². The van der Waals surface area contributed by atoms with Crippen molar-refractivity contribution in [2.75, 3.05) is 25.4 Å². The van der Waals surface area contributed by atoms with Gasteiger partial charge in [0, 0.05) is 12.6 Å². The van der Waals surface area contributed by atoms with Gasteiger partial charge in [-0.3, -0.25) is 4.90 Å². The molecule has 1 unspecified atom stereocenters. The molecule has 0 aromatic heterocycles. The average Bonchev–Trinajstić information content (AvgIpc) is 2.78. The van der Waals surface area contributed by atoms with Gasteiger partial charge in [0.1, 0.15) is 0 Å². The molecule has 2 rings (SSSR count). The molecule has 1 atom stereocenters. The number of nitrogens with zero attached hydrogens (tertiary/aromatic N) is 1. The van der Waals surface area contributed by atoms with Crippen molar-refractivity contribution >= 4 is 10.0 Å². The first-order valence-corrected chi connectivity index (χ1v) is 10.1. The zero-order valence-electron chi connectivity index (χ0n) is 14.0. The number of aryl methyl sites for hydroxylation is 1. The van der Waals surface area contributed by atoms with E-state index in [4.69, 9.17) is 0 Å². The summed E-state index contributed by atoms with van der Waals surface area (Å²) in [5.41, 5.74) is 2.40. The summed E-state index contributed by atoms with van der Waals surface area (Å²) < 4.78 is 26.7. The molecule has 1 N–H and O–H groups in total. The van der Waals surface area contributed by atoms with E-state index >= 15 is 0 Å². The lowest BCUT2D eigenvalue weighted by Gasteiger charge is -2.31. The lowest BCUT2D eigenvalue weighted by molar-refractivity contribution is 0.206. The molecule has 1 aromatic rings. The van der Waals surface area contributed by atoms with Crippen molar-refractivity contribution in [2.45, 2.75) is 38.6 Å². The molecule has 0 saturated carbocycles. The average molecular weight is 337 g/mol. The van der Waals surface area contributed by atoms with Crippen molar-refractivity contribution < 1.29 is 8.42 Å². The van der Waals surface area contributed by atoms with Gasteiger partial charge < -0.3 is 0 Å². The fraction of sp³-hybridized carbons (Fsp3) is 0.556. The highest BCUT2D eigenvalue weighted by Crippen LogP contribution is 2.24. The summed E-state index contributed by atoms with van der Waals surface area (Å²) in [5.74, 6) is -0.0341. The van der Waals surface area contributed by atoms with Crippen LogP contribution < -0.4 is 4.72 Å². The smallest absolute Gasteiger partial charge is 0.215 e. The van der Waals surface area contributed by atoms with Crippen LogP contribution in [0, 0.1) is 6.92 Å². The highest BCUT2D eigenvalue weighted by molar-refractivity contribution is 7.89.